The molecule has 21 heavy (non-hydrogen) atoms. The Hall–Kier alpha value is -2.39. The van der Waals surface area contributed by atoms with Gasteiger partial charge in [0.15, 0.2) is 5.58 Å². The Kier molecular flexibility index (Phi) is 3.15. The summed E-state index contributed by atoms with van der Waals surface area (Å²) < 4.78 is 33.4. The van der Waals surface area contributed by atoms with E-state index in [1.807, 2.05) is 0 Å². The van der Waals surface area contributed by atoms with Crippen LogP contribution in [-0.2, 0) is 23.6 Å². The molecule has 0 fully saturated rings. The van der Waals surface area contributed by atoms with Crippen molar-refractivity contribution in [2.75, 3.05) is 0 Å². The highest BCUT2D eigenvalue weighted by atomic mass is 32.2. The van der Waals surface area contributed by atoms with E-state index in [0.29, 0.717) is 11.3 Å². The van der Waals surface area contributed by atoms with Gasteiger partial charge in [0.2, 0.25) is 10.0 Å². The van der Waals surface area contributed by atoms with E-state index >= 15 is 0 Å². The second-order valence-corrected chi connectivity index (χ2v) is 6.22. The van der Waals surface area contributed by atoms with E-state index in [1.54, 1.807) is 24.0 Å². The second kappa shape index (κ2) is 4.86. The topological polar surface area (TPSA) is 110 Å². The van der Waals surface area contributed by atoms with Gasteiger partial charge < -0.3 is 8.98 Å². The highest BCUT2D eigenvalue weighted by molar-refractivity contribution is 7.89. The molecule has 9 heteroatoms. The van der Waals surface area contributed by atoms with Gasteiger partial charge in [0.25, 0.3) is 0 Å². The normalized spacial score (nSPS) is 12.0. The lowest BCUT2D eigenvalue weighted by molar-refractivity contribution is 0.553. The summed E-state index contributed by atoms with van der Waals surface area (Å²) in [5, 5.41) is 0. The first-order valence-corrected chi connectivity index (χ1v) is 7.53. The van der Waals surface area contributed by atoms with E-state index in [-0.39, 0.29) is 17.0 Å². The van der Waals surface area contributed by atoms with E-state index < -0.39 is 15.8 Å². The molecule has 0 radical (unpaired) electrons. The third kappa shape index (κ3) is 2.60. The van der Waals surface area contributed by atoms with Crippen molar-refractivity contribution in [3.05, 3.63) is 47.0 Å². The summed E-state index contributed by atoms with van der Waals surface area (Å²) in [7, 11) is -1.94. The van der Waals surface area contributed by atoms with E-state index in [2.05, 4.69) is 14.7 Å². The lowest BCUT2D eigenvalue weighted by Gasteiger charge is -2.06. The fourth-order valence-electron chi connectivity index (χ4n) is 1.90. The Morgan fingerprint density at radius 3 is 2.95 bits per heavy atom. The number of aromatic amines is 1. The lowest BCUT2D eigenvalue weighted by atomic mass is 10.3. The SMILES string of the molecule is Cn1ccnc1CNS(=O)(=O)c1ccc2[nH]c(=O)oc2c1. The number of nitrogens with zero attached hydrogens (tertiary/aromatic N) is 2. The number of imidazole rings is 1. The van der Waals surface area contributed by atoms with Crippen LogP contribution >= 0.6 is 0 Å². The highest BCUT2D eigenvalue weighted by Gasteiger charge is 2.16. The zero-order valence-corrected chi connectivity index (χ0v) is 11.8. The van der Waals surface area contributed by atoms with Crippen LogP contribution in [0.4, 0.5) is 0 Å². The van der Waals surface area contributed by atoms with Gasteiger partial charge in [-0.05, 0) is 12.1 Å². The van der Waals surface area contributed by atoms with E-state index in [0.717, 1.165) is 0 Å². The van der Waals surface area contributed by atoms with Crippen molar-refractivity contribution in [1.29, 1.82) is 0 Å². The number of H-pyrrole nitrogens is 1. The Morgan fingerprint density at radius 1 is 1.43 bits per heavy atom. The molecule has 8 nitrogen and oxygen atoms in total. The largest absolute Gasteiger partial charge is 0.417 e. The van der Waals surface area contributed by atoms with Crippen LogP contribution in [0.3, 0.4) is 0 Å². The molecule has 0 aliphatic carbocycles. The molecule has 2 heterocycles. The van der Waals surface area contributed by atoms with Gasteiger partial charge in [-0.1, -0.05) is 0 Å². The summed E-state index contributed by atoms with van der Waals surface area (Å²) in [6.45, 7) is 0.0704. The van der Waals surface area contributed by atoms with Crippen molar-refractivity contribution in [3.8, 4) is 0 Å². The molecule has 3 aromatic rings. The van der Waals surface area contributed by atoms with Crippen molar-refractivity contribution >= 4 is 21.1 Å². The number of benzene rings is 1. The number of sulfonamides is 1. The molecule has 0 spiro atoms. The molecule has 0 amide bonds. The number of oxazole rings is 1. The first kappa shape index (κ1) is 13.6. The summed E-state index contributed by atoms with van der Waals surface area (Å²) in [4.78, 5) is 17.6. The van der Waals surface area contributed by atoms with Gasteiger partial charge in [-0.2, -0.15) is 0 Å². The predicted octanol–water partition coefficient (Wildman–Crippen LogP) is 0.333. The van der Waals surface area contributed by atoms with Gasteiger partial charge in [0, 0.05) is 25.5 Å². The quantitative estimate of drug-likeness (QED) is 0.722. The maximum absolute atomic E-state index is 12.2. The van der Waals surface area contributed by atoms with Gasteiger partial charge in [-0.25, -0.2) is 22.9 Å². The number of aryl methyl sites for hydroxylation is 1. The minimum Gasteiger partial charge on any atom is -0.408 e. The number of rotatable bonds is 4. The van der Waals surface area contributed by atoms with Crippen LogP contribution in [0.25, 0.3) is 11.1 Å². The number of hydrogen-bond acceptors (Lipinski definition) is 5. The van der Waals surface area contributed by atoms with Gasteiger partial charge in [0.05, 0.1) is 17.0 Å². The number of aromatic nitrogens is 3. The molecule has 0 unspecified atom stereocenters. The fourth-order valence-corrected chi connectivity index (χ4v) is 2.90. The first-order chi connectivity index (χ1) is 9.95. The first-order valence-electron chi connectivity index (χ1n) is 6.04. The van der Waals surface area contributed by atoms with E-state index in [1.165, 1.54) is 18.2 Å². The standard InChI is InChI=1S/C12H12N4O4S/c1-16-5-4-13-11(16)7-14-21(18,19)8-2-3-9-10(6-8)20-12(17)15-9/h2-6,14H,7H2,1H3,(H,15,17). The van der Waals surface area contributed by atoms with Crippen LogP contribution in [0, 0.1) is 0 Å². The molecule has 2 aromatic heterocycles. The maximum Gasteiger partial charge on any atom is 0.417 e. The minimum atomic E-state index is -3.71. The molecular formula is C12H12N4O4S. The molecule has 0 aliphatic rings. The van der Waals surface area contributed by atoms with Crippen LogP contribution in [0.5, 0.6) is 0 Å². The van der Waals surface area contributed by atoms with Gasteiger partial charge in [-0.15, -0.1) is 0 Å². The zero-order chi connectivity index (χ0) is 15.0. The van der Waals surface area contributed by atoms with Crippen LogP contribution in [0.15, 0.2) is 44.7 Å². The Balaban J connectivity index is 1.89. The van der Waals surface area contributed by atoms with Crippen LogP contribution in [0.1, 0.15) is 5.82 Å². The molecule has 3 rings (SSSR count). The van der Waals surface area contributed by atoms with Crippen LogP contribution in [0.2, 0.25) is 0 Å². The average molecular weight is 308 g/mol. The molecular weight excluding hydrogens is 296 g/mol. The van der Waals surface area contributed by atoms with E-state index in [4.69, 9.17) is 4.42 Å². The summed E-state index contributed by atoms with van der Waals surface area (Å²) >= 11 is 0. The fraction of sp³-hybridized carbons (Fsp3) is 0.167. The summed E-state index contributed by atoms with van der Waals surface area (Å²) in [5.41, 5.74) is 0.642. The number of hydrogen-bond donors (Lipinski definition) is 2. The van der Waals surface area contributed by atoms with E-state index in [9.17, 15) is 13.2 Å². The smallest absolute Gasteiger partial charge is 0.408 e. The lowest BCUT2D eigenvalue weighted by Crippen LogP contribution is -2.24. The summed E-state index contributed by atoms with van der Waals surface area (Å²) in [6.07, 6.45) is 3.31. The van der Waals surface area contributed by atoms with Gasteiger partial charge in [-0.3, -0.25) is 4.98 Å². The second-order valence-electron chi connectivity index (χ2n) is 4.45. The molecule has 0 aliphatic heterocycles. The van der Waals surface area contributed by atoms with Crippen molar-refractivity contribution in [1.82, 2.24) is 19.3 Å². The Morgan fingerprint density at radius 2 is 2.24 bits per heavy atom. The highest BCUT2D eigenvalue weighted by Crippen LogP contribution is 2.16. The maximum atomic E-state index is 12.2. The third-order valence-corrected chi connectivity index (χ3v) is 4.44. The molecule has 2 N–H and O–H groups in total. The number of fused-ring (bicyclic) bond motifs is 1. The van der Waals surface area contributed by atoms with Crippen molar-refractivity contribution in [2.24, 2.45) is 7.05 Å². The minimum absolute atomic E-state index is 0.0203. The molecule has 0 bridgehead atoms. The molecule has 0 saturated carbocycles. The molecule has 1 aromatic carbocycles. The molecule has 0 atom stereocenters. The van der Waals surface area contributed by atoms with Gasteiger partial charge >= 0.3 is 5.76 Å². The van der Waals surface area contributed by atoms with Crippen LogP contribution < -0.4 is 10.5 Å². The van der Waals surface area contributed by atoms with Gasteiger partial charge in [0.1, 0.15) is 5.82 Å². The van der Waals surface area contributed by atoms with Crippen molar-refractivity contribution < 1.29 is 12.8 Å². The zero-order valence-electron chi connectivity index (χ0n) is 11.0. The number of nitrogens with one attached hydrogen (secondary N) is 2. The third-order valence-electron chi connectivity index (χ3n) is 3.04. The Bertz CT molecular complexity index is 951. The summed E-state index contributed by atoms with van der Waals surface area (Å²) in [6, 6.07) is 4.18. The van der Waals surface area contributed by atoms with Crippen LogP contribution in [-0.4, -0.2) is 23.0 Å². The molecule has 0 saturated heterocycles. The summed E-state index contributed by atoms with van der Waals surface area (Å²) in [5.74, 6) is -0.0339. The van der Waals surface area contributed by atoms with Crippen molar-refractivity contribution in [3.63, 3.8) is 0 Å². The monoisotopic (exact) mass is 308 g/mol. The van der Waals surface area contributed by atoms with Crippen molar-refractivity contribution in [2.45, 2.75) is 11.4 Å². The Labute approximate surface area is 119 Å². The average Bonchev–Trinajstić information content (AvgIpc) is 3.00. The predicted molar refractivity (Wildman–Crippen MR) is 74.1 cm³/mol. The molecule has 110 valence electrons.